The fraction of sp³-hybridized carbons (Fsp3) is 0.0357. The Hall–Kier alpha value is -4.51. The second-order valence-corrected chi connectivity index (χ2v) is 7.61. The van der Waals surface area contributed by atoms with Crippen molar-refractivity contribution in [3.05, 3.63) is 120 Å². The molecule has 5 heteroatoms. The first-order valence-corrected chi connectivity index (χ1v) is 10.7. The molecule has 1 amide bonds. The lowest BCUT2D eigenvalue weighted by atomic mass is 10.0. The number of aromatic nitrogens is 2. The Labute approximate surface area is 191 Å². The fourth-order valence-electron chi connectivity index (χ4n) is 3.54. The summed E-state index contributed by atoms with van der Waals surface area (Å²) in [7, 11) is 0. The zero-order chi connectivity index (χ0) is 22.5. The molecule has 0 unspecified atom stereocenters. The predicted molar refractivity (Wildman–Crippen MR) is 128 cm³/mol. The Morgan fingerprint density at radius 1 is 0.667 bits per heavy atom. The van der Waals surface area contributed by atoms with Gasteiger partial charge in [0.25, 0.3) is 11.8 Å². The normalized spacial score (nSPS) is 10.7. The molecule has 0 saturated heterocycles. The van der Waals surface area contributed by atoms with Crippen LogP contribution in [0.25, 0.3) is 34.0 Å². The van der Waals surface area contributed by atoms with Gasteiger partial charge in [0, 0.05) is 23.2 Å². The summed E-state index contributed by atoms with van der Waals surface area (Å²) in [5, 5.41) is 7.03. The van der Waals surface area contributed by atoms with Crippen molar-refractivity contribution in [1.82, 2.24) is 15.5 Å². The Bertz CT molecular complexity index is 1340. The van der Waals surface area contributed by atoms with Crippen LogP contribution in [0.15, 0.2) is 114 Å². The van der Waals surface area contributed by atoms with Gasteiger partial charge in [-0.05, 0) is 41.0 Å². The van der Waals surface area contributed by atoms with Crippen molar-refractivity contribution in [2.24, 2.45) is 0 Å². The minimum Gasteiger partial charge on any atom is -0.348 e. The lowest BCUT2D eigenvalue weighted by Gasteiger charge is -2.05. The Balaban J connectivity index is 1.26. The van der Waals surface area contributed by atoms with E-state index in [4.69, 9.17) is 4.52 Å². The lowest BCUT2D eigenvalue weighted by molar-refractivity contribution is 0.0951. The van der Waals surface area contributed by atoms with Crippen LogP contribution in [0, 0.1) is 0 Å². The molecule has 5 rings (SSSR count). The maximum Gasteiger partial charge on any atom is 0.258 e. The van der Waals surface area contributed by atoms with Crippen LogP contribution in [0.5, 0.6) is 0 Å². The van der Waals surface area contributed by atoms with Crippen molar-refractivity contribution in [2.45, 2.75) is 6.54 Å². The van der Waals surface area contributed by atoms with Crippen LogP contribution in [-0.2, 0) is 6.54 Å². The number of carbonyl (C=O) groups is 1. The van der Waals surface area contributed by atoms with E-state index in [-0.39, 0.29) is 5.91 Å². The van der Waals surface area contributed by atoms with Gasteiger partial charge in [-0.15, -0.1) is 0 Å². The van der Waals surface area contributed by atoms with E-state index < -0.39 is 0 Å². The van der Waals surface area contributed by atoms with E-state index >= 15 is 0 Å². The molecule has 0 atom stereocenters. The number of nitrogens with one attached hydrogen (secondary N) is 1. The second kappa shape index (κ2) is 9.32. The van der Waals surface area contributed by atoms with Crippen molar-refractivity contribution < 1.29 is 9.32 Å². The van der Waals surface area contributed by atoms with Gasteiger partial charge in [-0.1, -0.05) is 90.1 Å². The summed E-state index contributed by atoms with van der Waals surface area (Å²) >= 11 is 0. The number of amides is 1. The molecule has 0 spiro atoms. The maximum atomic E-state index is 12.4. The molecule has 1 heterocycles. The topological polar surface area (TPSA) is 68.0 Å². The van der Waals surface area contributed by atoms with Gasteiger partial charge >= 0.3 is 0 Å². The Morgan fingerprint density at radius 3 is 1.94 bits per heavy atom. The SMILES string of the molecule is O=C(NCc1ccccc1)c1ccc(-c2noc(-c3ccc(-c4ccccc4)cc3)n2)cc1. The van der Waals surface area contributed by atoms with Gasteiger partial charge in [0.05, 0.1) is 0 Å². The highest BCUT2D eigenvalue weighted by molar-refractivity contribution is 5.94. The number of carbonyl (C=O) groups excluding carboxylic acids is 1. The molecular formula is C28H21N3O2. The molecule has 0 aliphatic rings. The van der Waals surface area contributed by atoms with Gasteiger partial charge in [0.2, 0.25) is 5.82 Å². The molecule has 0 radical (unpaired) electrons. The lowest BCUT2D eigenvalue weighted by Crippen LogP contribution is -2.22. The Kier molecular flexibility index (Phi) is 5.76. The van der Waals surface area contributed by atoms with Gasteiger partial charge in [0.15, 0.2) is 0 Å². The number of hydrogen-bond acceptors (Lipinski definition) is 4. The highest BCUT2D eigenvalue weighted by Gasteiger charge is 2.12. The molecule has 0 saturated carbocycles. The molecule has 1 aromatic heterocycles. The van der Waals surface area contributed by atoms with Gasteiger partial charge < -0.3 is 9.84 Å². The van der Waals surface area contributed by atoms with Crippen LogP contribution < -0.4 is 5.32 Å². The van der Waals surface area contributed by atoms with E-state index in [2.05, 4.69) is 27.6 Å². The average Bonchev–Trinajstić information content (AvgIpc) is 3.39. The van der Waals surface area contributed by atoms with Crippen LogP contribution in [0.4, 0.5) is 0 Å². The molecule has 0 aliphatic carbocycles. The van der Waals surface area contributed by atoms with Crippen molar-refractivity contribution in [3.63, 3.8) is 0 Å². The molecule has 0 bridgehead atoms. The quantitative estimate of drug-likeness (QED) is 0.358. The van der Waals surface area contributed by atoms with Crippen LogP contribution in [-0.4, -0.2) is 16.0 Å². The summed E-state index contributed by atoms with van der Waals surface area (Å²) in [6, 6.07) is 35.2. The van der Waals surface area contributed by atoms with E-state index in [0.717, 1.165) is 27.8 Å². The summed E-state index contributed by atoms with van der Waals surface area (Å²) in [5.74, 6) is 0.806. The minimum absolute atomic E-state index is 0.127. The molecule has 5 aromatic rings. The van der Waals surface area contributed by atoms with Crippen LogP contribution in [0.3, 0.4) is 0 Å². The van der Waals surface area contributed by atoms with E-state index in [1.54, 1.807) is 12.1 Å². The zero-order valence-electron chi connectivity index (χ0n) is 17.8. The summed E-state index contributed by atoms with van der Waals surface area (Å²) in [4.78, 5) is 16.9. The maximum absolute atomic E-state index is 12.4. The predicted octanol–water partition coefficient (Wildman–Crippen LogP) is 6.00. The van der Waals surface area contributed by atoms with Gasteiger partial charge in [-0.25, -0.2) is 0 Å². The number of nitrogens with zero attached hydrogens (tertiary/aromatic N) is 2. The van der Waals surface area contributed by atoms with Crippen molar-refractivity contribution in [2.75, 3.05) is 0 Å². The van der Waals surface area contributed by atoms with Gasteiger partial charge in [-0.2, -0.15) is 4.98 Å². The standard InChI is InChI=1S/C28H21N3O2/c32-27(29-19-20-7-3-1-4-8-20)24-15-13-23(14-16-24)26-30-28(33-31-26)25-17-11-22(12-18-25)21-9-5-2-6-10-21/h1-18H,19H2,(H,29,32). The van der Waals surface area contributed by atoms with Crippen LogP contribution >= 0.6 is 0 Å². The molecule has 1 N–H and O–H groups in total. The van der Waals surface area contributed by atoms with E-state index in [0.29, 0.717) is 23.8 Å². The largest absolute Gasteiger partial charge is 0.348 e. The molecular weight excluding hydrogens is 410 g/mol. The average molecular weight is 431 g/mol. The highest BCUT2D eigenvalue weighted by Crippen LogP contribution is 2.26. The number of benzene rings is 4. The third-order valence-electron chi connectivity index (χ3n) is 5.37. The molecule has 0 fully saturated rings. The highest BCUT2D eigenvalue weighted by atomic mass is 16.5. The molecule has 160 valence electrons. The van der Waals surface area contributed by atoms with E-state index in [1.807, 2.05) is 84.9 Å². The Morgan fingerprint density at radius 2 is 1.24 bits per heavy atom. The van der Waals surface area contributed by atoms with Gasteiger partial charge in [-0.3, -0.25) is 4.79 Å². The number of rotatable bonds is 6. The monoisotopic (exact) mass is 431 g/mol. The first-order valence-electron chi connectivity index (χ1n) is 10.7. The molecule has 0 aliphatic heterocycles. The first-order chi connectivity index (χ1) is 16.3. The zero-order valence-corrected chi connectivity index (χ0v) is 17.8. The molecule has 5 nitrogen and oxygen atoms in total. The first kappa shape index (κ1) is 20.4. The molecule has 33 heavy (non-hydrogen) atoms. The van der Waals surface area contributed by atoms with Crippen LogP contribution in [0.1, 0.15) is 15.9 Å². The summed E-state index contributed by atoms with van der Waals surface area (Å²) in [6.07, 6.45) is 0. The summed E-state index contributed by atoms with van der Waals surface area (Å²) < 4.78 is 5.48. The van der Waals surface area contributed by atoms with E-state index in [1.165, 1.54) is 0 Å². The smallest absolute Gasteiger partial charge is 0.258 e. The minimum atomic E-state index is -0.127. The van der Waals surface area contributed by atoms with Crippen LogP contribution in [0.2, 0.25) is 0 Å². The third-order valence-corrected chi connectivity index (χ3v) is 5.37. The fourth-order valence-corrected chi connectivity index (χ4v) is 3.54. The van der Waals surface area contributed by atoms with Crippen molar-refractivity contribution in [3.8, 4) is 34.0 Å². The molecule has 4 aromatic carbocycles. The summed E-state index contributed by atoms with van der Waals surface area (Å²) in [6.45, 7) is 0.485. The number of hydrogen-bond donors (Lipinski definition) is 1. The van der Waals surface area contributed by atoms with Gasteiger partial charge in [0.1, 0.15) is 0 Å². The van der Waals surface area contributed by atoms with E-state index in [9.17, 15) is 4.79 Å². The summed E-state index contributed by atoms with van der Waals surface area (Å²) in [5.41, 5.74) is 5.55. The van der Waals surface area contributed by atoms with Crippen molar-refractivity contribution in [1.29, 1.82) is 0 Å². The second-order valence-electron chi connectivity index (χ2n) is 7.61. The van der Waals surface area contributed by atoms with Crippen molar-refractivity contribution >= 4 is 5.91 Å². The third kappa shape index (κ3) is 4.72.